The Morgan fingerprint density at radius 3 is 2.96 bits per heavy atom. The van der Waals surface area contributed by atoms with E-state index in [1.807, 2.05) is 19.1 Å². The van der Waals surface area contributed by atoms with Gasteiger partial charge >= 0.3 is 0 Å². The lowest BCUT2D eigenvalue weighted by Crippen LogP contribution is -2.62. The lowest BCUT2D eigenvalue weighted by atomic mass is 9.74. The van der Waals surface area contributed by atoms with Gasteiger partial charge < -0.3 is 4.90 Å². The molecule has 0 aromatic carbocycles. The summed E-state index contributed by atoms with van der Waals surface area (Å²) in [6.45, 7) is 7.30. The summed E-state index contributed by atoms with van der Waals surface area (Å²) in [5.41, 5.74) is 1.64. The van der Waals surface area contributed by atoms with Gasteiger partial charge in [-0.15, -0.1) is 0 Å². The van der Waals surface area contributed by atoms with Crippen molar-refractivity contribution in [3.05, 3.63) is 29.6 Å². The number of carbonyl (C=O) groups excluding carboxylic acids is 1. The number of carbonyl (C=O) groups is 1. The highest BCUT2D eigenvalue weighted by Crippen LogP contribution is 2.40. The third-order valence-electron chi connectivity index (χ3n) is 6.66. The van der Waals surface area contributed by atoms with E-state index in [1.165, 1.54) is 45.1 Å². The van der Waals surface area contributed by atoms with Crippen LogP contribution in [0.3, 0.4) is 0 Å². The van der Waals surface area contributed by atoms with Gasteiger partial charge in [0.15, 0.2) is 0 Å². The second-order valence-electron chi connectivity index (χ2n) is 8.35. The SMILES string of the molecule is CCC[C@H]1CCC[C@H]2[C@@H]3C[C@@H](CN(C(=O)c4cccnc4C)C3)CN12. The number of aryl methyl sites for hydroxylation is 1. The highest BCUT2D eigenvalue weighted by molar-refractivity contribution is 5.95. The maximum absolute atomic E-state index is 13.1. The minimum absolute atomic E-state index is 0.190. The number of piperidine rings is 3. The number of fused-ring (bicyclic) bond motifs is 4. The highest BCUT2D eigenvalue weighted by Gasteiger charge is 2.45. The predicted octanol–water partition coefficient (Wildman–Crippen LogP) is 3.51. The molecule has 136 valence electrons. The summed E-state index contributed by atoms with van der Waals surface area (Å²) >= 11 is 0. The van der Waals surface area contributed by atoms with E-state index in [0.29, 0.717) is 17.9 Å². The zero-order valence-electron chi connectivity index (χ0n) is 15.7. The van der Waals surface area contributed by atoms with E-state index < -0.39 is 0 Å². The summed E-state index contributed by atoms with van der Waals surface area (Å²) in [5, 5.41) is 0. The minimum atomic E-state index is 0.190. The molecule has 0 saturated carbocycles. The van der Waals surface area contributed by atoms with Crippen molar-refractivity contribution in [2.45, 2.75) is 64.5 Å². The van der Waals surface area contributed by atoms with Crippen molar-refractivity contribution in [3.8, 4) is 0 Å². The molecule has 4 heterocycles. The third-order valence-corrected chi connectivity index (χ3v) is 6.66. The molecule has 3 aliphatic rings. The molecule has 1 amide bonds. The Morgan fingerprint density at radius 2 is 2.16 bits per heavy atom. The summed E-state index contributed by atoms with van der Waals surface area (Å²) in [6, 6.07) is 5.30. The Kier molecular flexibility index (Phi) is 4.81. The molecule has 4 rings (SSSR count). The van der Waals surface area contributed by atoms with Crippen LogP contribution in [0.2, 0.25) is 0 Å². The number of rotatable bonds is 3. The van der Waals surface area contributed by atoms with Crippen LogP contribution in [0.1, 0.15) is 61.5 Å². The van der Waals surface area contributed by atoms with Crippen molar-refractivity contribution in [1.82, 2.24) is 14.8 Å². The zero-order valence-corrected chi connectivity index (χ0v) is 15.7. The Morgan fingerprint density at radius 1 is 1.28 bits per heavy atom. The number of hydrogen-bond donors (Lipinski definition) is 0. The first-order valence-electron chi connectivity index (χ1n) is 10.1. The summed E-state index contributed by atoms with van der Waals surface area (Å²) in [4.78, 5) is 22.3. The molecule has 4 nitrogen and oxygen atoms in total. The van der Waals surface area contributed by atoms with Crippen LogP contribution in [-0.4, -0.2) is 52.4 Å². The molecule has 25 heavy (non-hydrogen) atoms. The molecule has 2 bridgehead atoms. The molecular formula is C21H31N3O. The highest BCUT2D eigenvalue weighted by atomic mass is 16.2. The van der Waals surface area contributed by atoms with Crippen LogP contribution in [0.15, 0.2) is 18.3 Å². The Labute approximate surface area is 151 Å². The van der Waals surface area contributed by atoms with Crippen molar-refractivity contribution in [2.75, 3.05) is 19.6 Å². The number of aromatic nitrogens is 1. The fourth-order valence-electron chi connectivity index (χ4n) is 5.60. The van der Waals surface area contributed by atoms with Gasteiger partial charge in [0.2, 0.25) is 0 Å². The van der Waals surface area contributed by atoms with Crippen LogP contribution >= 0.6 is 0 Å². The second-order valence-corrected chi connectivity index (χ2v) is 8.35. The van der Waals surface area contributed by atoms with Gasteiger partial charge in [0, 0.05) is 43.6 Å². The average Bonchev–Trinajstić information content (AvgIpc) is 2.62. The molecule has 1 aromatic rings. The molecule has 0 spiro atoms. The van der Waals surface area contributed by atoms with Crippen molar-refractivity contribution in [2.24, 2.45) is 11.8 Å². The predicted molar refractivity (Wildman–Crippen MR) is 99.5 cm³/mol. The molecule has 1 aromatic heterocycles. The van der Waals surface area contributed by atoms with Gasteiger partial charge in [-0.25, -0.2) is 0 Å². The normalized spacial score (nSPS) is 32.3. The van der Waals surface area contributed by atoms with Gasteiger partial charge in [-0.05, 0) is 56.6 Å². The van der Waals surface area contributed by atoms with E-state index in [4.69, 9.17) is 0 Å². The monoisotopic (exact) mass is 341 g/mol. The van der Waals surface area contributed by atoms with Crippen LogP contribution in [0, 0.1) is 18.8 Å². The first-order chi connectivity index (χ1) is 12.2. The number of likely N-dealkylation sites (tertiary alicyclic amines) is 1. The Bertz CT molecular complexity index is 629. The standard InChI is InChI=1S/C21H31N3O/c1-3-6-18-7-4-9-20-17-11-16(13-24(18)20)12-23(14-17)21(25)19-8-5-10-22-15(19)2/h5,8,10,16-18,20H,3-4,6-7,9,11-14H2,1-2H3/t16-,17+,18-,20-/m0/s1. The lowest BCUT2D eigenvalue weighted by molar-refractivity contribution is -0.0519. The van der Waals surface area contributed by atoms with Crippen LogP contribution in [0.4, 0.5) is 0 Å². The lowest BCUT2D eigenvalue weighted by Gasteiger charge is -2.55. The molecule has 4 atom stereocenters. The largest absolute Gasteiger partial charge is 0.338 e. The molecule has 0 N–H and O–H groups in total. The smallest absolute Gasteiger partial charge is 0.255 e. The topological polar surface area (TPSA) is 36.4 Å². The van der Waals surface area contributed by atoms with Crippen molar-refractivity contribution in [1.29, 1.82) is 0 Å². The molecule has 0 aliphatic carbocycles. The molecule has 3 aliphatic heterocycles. The van der Waals surface area contributed by atoms with Crippen LogP contribution in [0.25, 0.3) is 0 Å². The number of hydrogen-bond acceptors (Lipinski definition) is 3. The van der Waals surface area contributed by atoms with E-state index in [1.54, 1.807) is 6.20 Å². The maximum atomic E-state index is 13.1. The van der Waals surface area contributed by atoms with Gasteiger partial charge in [-0.3, -0.25) is 14.7 Å². The Hall–Kier alpha value is -1.42. The first-order valence-corrected chi connectivity index (χ1v) is 10.1. The van der Waals surface area contributed by atoms with Crippen LogP contribution in [0.5, 0.6) is 0 Å². The van der Waals surface area contributed by atoms with Crippen molar-refractivity contribution in [3.63, 3.8) is 0 Å². The van der Waals surface area contributed by atoms with Gasteiger partial charge in [0.05, 0.1) is 5.56 Å². The quantitative estimate of drug-likeness (QED) is 0.844. The fourth-order valence-corrected chi connectivity index (χ4v) is 5.60. The van der Waals surface area contributed by atoms with E-state index in [9.17, 15) is 4.79 Å². The number of nitrogens with zero attached hydrogens (tertiary/aromatic N) is 3. The summed E-state index contributed by atoms with van der Waals surface area (Å²) < 4.78 is 0. The van der Waals surface area contributed by atoms with Gasteiger partial charge in [0.1, 0.15) is 0 Å². The zero-order chi connectivity index (χ0) is 17.4. The van der Waals surface area contributed by atoms with Gasteiger partial charge in [-0.2, -0.15) is 0 Å². The van der Waals surface area contributed by atoms with E-state index in [-0.39, 0.29) is 5.91 Å². The van der Waals surface area contributed by atoms with Gasteiger partial charge in [0.25, 0.3) is 5.91 Å². The molecule has 0 radical (unpaired) electrons. The third kappa shape index (κ3) is 3.21. The van der Waals surface area contributed by atoms with Gasteiger partial charge in [-0.1, -0.05) is 19.8 Å². The second kappa shape index (κ2) is 7.06. The molecule has 3 fully saturated rings. The summed E-state index contributed by atoms with van der Waals surface area (Å²) in [6.07, 6.45) is 9.78. The maximum Gasteiger partial charge on any atom is 0.255 e. The average molecular weight is 341 g/mol. The van der Waals surface area contributed by atoms with Crippen molar-refractivity contribution >= 4 is 5.91 Å². The molecular weight excluding hydrogens is 310 g/mol. The van der Waals surface area contributed by atoms with Crippen molar-refractivity contribution < 1.29 is 4.79 Å². The fraction of sp³-hybridized carbons (Fsp3) is 0.714. The van der Waals surface area contributed by atoms with E-state index >= 15 is 0 Å². The molecule has 3 saturated heterocycles. The minimum Gasteiger partial charge on any atom is -0.338 e. The molecule has 4 heteroatoms. The van der Waals surface area contributed by atoms with E-state index in [0.717, 1.165) is 30.4 Å². The van der Waals surface area contributed by atoms with Crippen LogP contribution < -0.4 is 0 Å². The summed E-state index contributed by atoms with van der Waals surface area (Å²) in [7, 11) is 0. The number of amides is 1. The van der Waals surface area contributed by atoms with E-state index in [2.05, 4.69) is 21.7 Å². The molecule has 0 unspecified atom stereocenters. The van der Waals surface area contributed by atoms with Crippen LogP contribution in [-0.2, 0) is 0 Å². The number of pyridine rings is 1. The Balaban J connectivity index is 1.51. The first kappa shape index (κ1) is 17.0. The summed E-state index contributed by atoms with van der Waals surface area (Å²) in [5.74, 6) is 1.50.